The highest BCUT2D eigenvalue weighted by Gasteiger charge is 2.18. The van der Waals surface area contributed by atoms with Gasteiger partial charge in [-0.25, -0.2) is 0 Å². The minimum atomic E-state index is 0.821. The van der Waals surface area contributed by atoms with Gasteiger partial charge in [-0.15, -0.1) is 0 Å². The van der Waals surface area contributed by atoms with Crippen molar-refractivity contribution in [2.75, 3.05) is 45.3 Å². The van der Waals surface area contributed by atoms with Crippen molar-refractivity contribution in [2.24, 2.45) is 0 Å². The van der Waals surface area contributed by atoms with Gasteiger partial charge in [-0.1, -0.05) is 0 Å². The summed E-state index contributed by atoms with van der Waals surface area (Å²) in [6.45, 7) is 3.57. The molecule has 1 saturated heterocycles. The Morgan fingerprint density at radius 2 is 2.00 bits per heavy atom. The van der Waals surface area contributed by atoms with Crippen LogP contribution in [0.3, 0.4) is 0 Å². The van der Waals surface area contributed by atoms with Crippen molar-refractivity contribution in [3.8, 4) is 0 Å². The average molecular weight is 232 g/mol. The molecule has 0 unspecified atom stereocenters. The lowest BCUT2D eigenvalue weighted by molar-refractivity contribution is 0.122. The highest BCUT2D eigenvalue weighted by atomic mass is 32.9. The van der Waals surface area contributed by atoms with E-state index in [4.69, 9.17) is 4.74 Å². The molecule has 6 heteroatoms. The van der Waals surface area contributed by atoms with Crippen LogP contribution in [0.15, 0.2) is 0 Å². The summed E-state index contributed by atoms with van der Waals surface area (Å²) in [6, 6.07) is 0. The molecule has 14 heavy (non-hydrogen) atoms. The van der Waals surface area contributed by atoms with Gasteiger partial charge >= 0.3 is 9.93 Å². The minimum absolute atomic E-state index is 0.821. The number of rotatable bonds is 1. The lowest BCUT2D eigenvalue weighted by Crippen LogP contribution is -2.36. The van der Waals surface area contributed by atoms with E-state index in [0.29, 0.717) is 0 Å². The van der Waals surface area contributed by atoms with Crippen LogP contribution in [0.5, 0.6) is 0 Å². The van der Waals surface area contributed by atoms with E-state index in [-0.39, 0.29) is 0 Å². The highest BCUT2D eigenvalue weighted by Crippen LogP contribution is 2.19. The van der Waals surface area contributed by atoms with Gasteiger partial charge in [0.05, 0.1) is 27.3 Å². The number of hydrogen-bond donors (Lipinski definition) is 0. The SMILES string of the molecule is C[N+](C)=c1nc(N2CCOCC2)ss1. The smallest absolute Gasteiger partial charge is 0.378 e. The maximum atomic E-state index is 5.30. The van der Waals surface area contributed by atoms with Crippen molar-refractivity contribution in [1.29, 1.82) is 0 Å². The molecule has 2 rings (SSSR count). The summed E-state index contributed by atoms with van der Waals surface area (Å²) in [5.74, 6) is 0. The molecule has 1 aromatic rings. The molecule has 0 aliphatic carbocycles. The average Bonchev–Trinajstić information content (AvgIpc) is 2.68. The van der Waals surface area contributed by atoms with Crippen molar-refractivity contribution < 1.29 is 4.74 Å². The van der Waals surface area contributed by atoms with Crippen molar-refractivity contribution in [1.82, 2.24) is 9.56 Å². The first-order valence-corrected chi connectivity index (χ1v) is 6.72. The van der Waals surface area contributed by atoms with E-state index >= 15 is 0 Å². The normalized spacial score (nSPS) is 17.1. The summed E-state index contributed by atoms with van der Waals surface area (Å²) in [7, 11) is 7.51. The predicted octanol–water partition coefficient (Wildman–Crippen LogP) is 0.0730. The first-order valence-electron chi connectivity index (χ1n) is 4.57. The third-order valence-corrected chi connectivity index (χ3v) is 4.38. The van der Waals surface area contributed by atoms with Gasteiger partial charge in [-0.05, 0) is 10.3 Å². The van der Waals surface area contributed by atoms with Crippen molar-refractivity contribution >= 4 is 25.8 Å². The van der Waals surface area contributed by atoms with Gasteiger partial charge in [-0.2, -0.15) is 0 Å². The van der Waals surface area contributed by atoms with Crippen LogP contribution < -0.4 is 14.3 Å². The lowest BCUT2D eigenvalue weighted by atomic mass is 10.5. The van der Waals surface area contributed by atoms with E-state index in [2.05, 4.69) is 9.88 Å². The molecule has 2 heterocycles. The standard InChI is InChI=1S/C8H14N3OS2/c1-10(2)7-9-8(14-13-7)11-3-5-12-6-4-11/h3-6H2,1-2H3/q+1. The first kappa shape index (κ1) is 10.1. The van der Waals surface area contributed by atoms with Gasteiger partial charge < -0.3 is 9.64 Å². The molecular weight excluding hydrogens is 218 g/mol. The van der Waals surface area contributed by atoms with Crippen molar-refractivity contribution in [3.63, 3.8) is 0 Å². The van der Waals surface area contributed by atoms with Crippen LogP contribution in [0.1, 0.15) is 0 Å². The fourth-order valence-corrected chi connectivity index (χ4v) is 3.57. The van der Waals surface area contributed by atoms with Crippen LogP contribution >= 0.6 is 20.7 Å². The molecule has 0 radical (unpaired) electrons. The second-order valence-corrected chi connectivity index (χ2v) is 5.40. The third-order valence-electron chi connectivity index (χ3n) is 2.05. The molecule has 1 aromatic heterocycles. The summed E-state index contributed by atoms with van der Waals surface area (Å²) in [5, 5.41) is 1.13. The summed E-state index contributed by atoms with van der Waals surface area (Å²) >= 11 is 0. The van der Waals surface area contributed by atoms with Gasteiger partial charge in [0, 0.05) is 28.4 Å². The van der Waals surface area contributed by atoms with Crippen molar-refractivity contribution in [3.05, 3.63) is 4.80 Å². The monoisotopic (exact) mass is 232 g/mol. The van der Waals surface area contributed by atoms with Gasteiger partial charge in [0.25, 0.3) is 0 Å². The van der Waals surface area contributed by atoms with Crippen LogP contribution in [-0.4, -0.2) is 45.4 Å². The van der Waals surface area contributed by atoms with Crippen molar-refractivity contribution in [2.45, 2.75) is 0 Å². The van der Waals surface area contributed by atoms with Crippen LogP contribution in [0.4, 0.5) is 5.13 Å². The van der Waals surface area contributed by atoms with Gasteiger partial charge in [-0.3, -0.25) is 4.58 Å². The molecule has 0 atom stereocenters. The first-order chi connectivity index (χ1) is 6.77. The summed E-state index contributed by atoms with van der Waals surface area (Å²) < 4.78 is 7.35. The fourth-order valence-electron chi connectivity index (χ4n) is 1.25. The Bertz CT molecular complexity index is 361. The van der Waals surface area contributed by atoms with E-state index in [1.165, 1.54) is 0 Å². The zero-order valence-electron chi connectivity index (χ0n) is 8.39. The Kier molecular flexibility index (Phi) is 3.15. The summed E-state index contributed by atoms with van der Waals surface area (Å²) in [5.41, 5.74) is 0. The van der Waals surface area contributed by atoms with Crippen LogP contribution in [0.2, 0.25) is 0 Å². The molecule has 1 aliphatic heterocycles. The molecule has 0 bridgehead atoms. The molecule has 0 saturated carbocycles. The van der Waals surface area contributed by atoms with Crippen LogP contribution in [0.25, 0.3) is 0 Å². The van der Waals surface area contributed by atoms with Crippen LogP contribution in [-0.2, 0) is 4.74 Å². The molecule has 1 fully saturated rings. The number of nitrogens with zero attached hydrogens (tertiary/aromatic N) is 3. The number of hydrogen-bond acceptors (Lipinski definition) is 5. The number of anilines is 1. The molecule has 0 spiro atoms. The number of morpholine rings is 1. The van der Waals surface area contributed by atoms with E-state index in [0.717, 1.165) is 36.2 Å². The maximum absolute atomic E-state index is 5.30. The minimum Gasteiger partial charge on any atom is -0.378 e. The second kappa shape index (κ2) is 4.37. The molecule has 1 aliphatic rings. The topological polar surface area (TPSA) is 28.4 Å². The Morgan fingerprint density at radius 1 is 1.29 bits per heavy atom. The lowest BCUT2D eigenvalue weighted by Gasteiger charge is -2.23. The van der Waals surface area contributed by atoms with E-state index in [1.54, 1.807) is 20.7 Å². The van der Waals surface area contributed by atoms with Gasteiger partial charge in [0.15, 0.2) is 0 Å². The summed E-state index contributed by atoms with van der Waals surface area (Å²) in [6.07, 6.45) is 0. The van der Waals surface area contributed by atoms with Gasteiger partial charge in [0.2, 0.25) is 0 Å². The Morgan fingerprint density at radius 3 is 2.57 bits per heavy atom. The molecule has 0 aromatic carbocycles. The molecule has 4 nitrogen and oxygen atoms in total. The zero-order valence-corrected chi connectivity index (χ0v) is 10.0. The third kappa shape index (κ3) is 2.13. The fraction of sp³-hybridized carbons (Fsp3) is 0.750. The largest absolute Gasteiger partial charge is 0.390 e. The van der Waals surface area contributed by atoms with Crippen LogP contribution in [0, 0.1) is 0 Å². The molecule has 0 amide bonds. The molecule has 0 N–H and O–H groups in total. The zero-order chi connectivity index (χ0) is 9.97. The Balaban J connectivity index is 2.20. The second-order valence-electron chi connectivity index (χ2n) is 3.34. The highest BCUT2D eigenvalue weighted by molar-refractivity contribution is 7.69. The predicted molar refractivity (Wildman–Crippen MR) is 60.1 cm³/mol. The summed E-state index contributed by atoms with van der Waals surface area (Å²) in [4.78, 5) is 7.94. The van der Waals surface area contributed by atoms with Gasteiger partial charge in [0.1, 0.15) is 0 Å². The van der Waals surface area contributed by atoms with E-state index in [9.17, 15) is 0 Å². The van der Waals surface area contributed by atoms with E-state index in [1.807, 2.05) is 18.7 Å². The Labute approximate surface area is 90.5 Å². The quantitative estimate of drug-likeness (QED) is 0.507. The maximum Gasteiger partial charge on any atom is 0.390 e. The van der Waals surface area contributed by atoms with E-state index < -0.39 is 0 Å². The number of ether oxygens (including phenoxy) is 1. The number of aromatic nitrogens is 1. The Hall–Kier alpha value is -0.460. The molecular formula is C8H14N3OS2+. The molecule has 78 valence electrons.